The zero-order chi connectivity index (χ0) is 54.1. The van der Waals surface area contributed by atoms with Crippen LogP contribution in [0.15, 0.2) is 108 Å². The molecule has 5 aromatic rings. The van der Waals surface area contributed by atoms with E-state index >= 15 is 4.39 Å². The zero-order valence-electron chi connectivity index (χ0n) is 40.4. The summed E-state index contributed by atoms with van der Waals surface area (Å²) in [6.45, 7) is -1.20. The maximum atomic E-state index is 15.2. The first kappa shape index (κ1) is 55.9. The highest BCUT2D eigenvalue weighted by Crippen LogP contribution is 2.40. The highest BCUT2D eigenvalue weighted by atomic mass is 35.5. The van der Waals surface area contributed by atoms with Crippen molar-refractivity contribution in [2.24, 2.45) is 11.8 Å². The number of pyridine rings is 1. The Morgan fingerprint density at radius 2 is 1.62 bits per heavy atom. The number of sulfonamides is 1. The third kappa shape index (κ3) is 14.0. The molecule has 24 heteroatoms. The molecule has 17 nitrogen and oxygen atoms in total. The van der Waals surface area contributed by atoms with Crippen LogP contribution in [0.3, 0.4) is 0 Å². The van der Waals surface area contributed by atoms with Crippen LogP contribution in [0.1, 0.15) is 64.4 Å². The molecule has 5 aliphatic rings. The van der Waals surface area contributed by atoms with Gasteiger partial charge in [0.05, 0.1) is 29.3 Å². The number of aromatic nitrogens is 1. The molecule has 4 aliphatic heterocycles. The van der Waals surface area contributed by atoms with Gasteiger partial charge >= 0.3 is 24.6 Å². The lowest BCUT2D eigenvalue weighted by Gasteiger charge is -2.44. The predicted octanol–water partition coefficient (Wildman–Crippen LogP) is 9.04. The van der Waals surface area contributed by atoms with E-state index in [0.29, 0.717) is 22.4 Å². The van der Waals surface area contributed by atoms with Crippen LogP contribution in [-0.4, -0.2) is 104 Å². The van der Waals surface area contributed by atoms with Gasteiger partial charge in [-0.15, -0.1) is 11.8 Å². The number of halogens is 5. The van der Waals surface area contributed by atoms with Crippen LogP contribution < -0.4 is 19.1 Å². The van der Waals surface area contributed by atoms with Crippen molar-refractivity contribution in [1.29, 1.82) is 0 Å². The zero-order valence-corrected chi connectivity index (χ0v) is 43.5. The lowest BCUT2D eigenvalue weighted by molar-refractivity contribution is -0.605. The minimum Gasteiger partial charge on any atom is -0.619 e. The van der Waals surface area contributed by atoms with Gasteiger partial charge in [0.15, 0.2) is 29.3 Å². The number of anilines is 1. The number of fused-ring (bicyclic) bond motifs is 3. The number of thioether (sulfide) groups is 1. The first-order valence-electron chi connectivity index (χ1n) is 24.0. The van der Waals surface area contributed by atoms with E-state index in [1.165, 1.54) is 71.6 Å². The van der Waals surface area contributed by atoms with Crippen LogP contribution in [0.2, 0.25) is 10.0 Å². The molecule has 4 saturated heterocycles. The highest BCUT2D eigenvalue weighted by molar-refractivity contribution is 8.02. The van der Waals surface area contributed by atoms with Crippen LogP contribution in [0.25, 0.3) is 0 Å². The van der Waals surface area contributed by atoms with Gasteiger partial charge in [-0.1, -0.05) is 65.7 Å². The van der Waals surface area contributed by atoms with E-state index in [1.54, 1.807) is 24.3 Å². The van der Waals surface area contributed by atoms with Gasteiger partial charge < -0.3 is 34.0 Å². The van der Waals surface area contributed by atoms with Crippen LogP contribution in [0.5, 0.6) is 11.5 Å². The molecule has 1 aromatic heterocycles. The Hall–Kier alpha value is -6.30. The van der Waals surface area contributed by atoms with Crippen molar-refractivity contribution >= 4 is 75.2 Å². The van der Waals surface area contributed by atoms with Gasteiger partial charge in [-0.2, -0.15) is 17.8 Å². The molecule has 5 fully saturated rings. The number of amides is 1. The first-order chi connectivity index (χ1) is 36.5. The molecule has 76 heavy (non-hydrogen) atoms. The van der Waals surface area contributed by atoms with Crippen molar-refractivity contribution in [3.8, 4) is 11.5 Å². The number of benzene rings is 4. The lowest BCUT2D eigenvalue weighted by atomic mass is 9.86. The van der Waals surface area contributed by atoms with Crippen LogP contribution >= 0.6 is 35.0 Å². The first-order valence-corrected chi connectivity index (χ1v) is 27.3. The van der Waals surface area contributed by atoms with Crippen LogP contribution in [-0.2, 0) is 53.4 Å². The van der Waals surface area contributed by atoms with Crippen LogP contribution in [0, 0.1) is 22.9 Å². The normalized spacial score (nSPS) is 19.4. The summed E-state index contributed by atoms with van der Waals surface area (Å²) < 4.78 is 100. The second-order valence-electron chi connectivity index (χ2n) is 18.2. The Bertz CT molecular complexity index is 3000. The predicted molar refractivity (Wildman–Crippen MR) is 272 cm³/mol. The minimum atomic E-state index is -4.41. The van der Waals surface area contributed by atoms with Crippen molar-refractivity contribution < 1.29 is 74.3 Å². The van der Waals surface area contributed by atoms with E-state index in [2.05, 4.69) is 4.90 Å². The Morgan fingerprint density at radius 3 is 2.30 bits per heavy atom. The molecule has 1 saturated carbocycles. The van der Waals surface area contributed by atoms with Crippen molar-refractivity contribution in [2.75, 3.05) is 43.4 Å². The lowest BCUT2D eigenvalue weighted by Crippen LogP contribution is -2.53. The maximum absolute atomic E-state index is 15.2. The summed E-state index contributed by atoms with van der Waals surface area (Å²) in [5.41, 5.74) is 1.42. The van der Waals surface area contributed by atoms with E-state index in [9.17, 15) is 36.8 Å². The van der Waals surface area contributed by atoms with Gasteiger partial charge in [0, 0.05) is 30.8 Å². The molecule has 2 bridgehead atoms. The summed E-state index contributed by atoms with van der Waals surface area (Å²) >= 11 is 13.9. The number of hydrogen-bond donors (Lipinski definition) is 1. The number of alkyl halides is 2. The summed E-state index contributed by atoms with van der Waals surface area (Å²) in [6, 6.07) is 21.9. The number of para-hydroxylation sites is 1. The van der Waals surface area contributed by atoms with Crippen molar-refractivity contribution in [1.82, 2.24) is 9.21 Å². The summed E-state index contributed by atoms with van der Waals surface area (Å²) in [5.74, 6) is -1.93. The molecule has 3 atom stereocenters. The molecule has 10 rings (SSSR count). The topological polar surface area (TPSA) is 205 Å². The van der Waals surface area contributed by atoms with E-state index in [0.717, 1.165) is 67.2 Å². The van der Waals surface area contributed by atoms with E-state index in [4.69, 9.17) is 56.8 Å². The summed E-state index contributed by atoms with van der Waals surface area (Å²) in [4.78, 5) is 53.1. The van der Waals surface area contributed by atoms with Gasteiger partial charge in [-0.05, 0) is 116 Å². The number of ether oxygens (including phenoxy) is 5. The Balaban J connectivity index is 0.00000249. The number of carbonyl (C=O) groups is 4. The molecule has 404 valence electrons. The quantitative estimate of drug-likeness (QED) is 0.0269. The van der Waals surface area contributed by atoms with Crippen molar-refractivity contribution in [2.45, 2.75) is 74.3 Å². The minimum absolute atomic E-state index is 0.0199. The average molecular weight is 1130 g/mol. The standard InChI is InChI=1S/C51H49Cl2F3N4O11S2.CH2O2/c52-39-26-58(64)27-40(53)38(39)24-44(35-13-14-43(70-50(55)56)45(23-35)67-29-31-11-12-31)69-49(62)47-60(19-20-72-47)73(65,66)37-8-4-6-33(22-37)30-68-48(61)36-7-3-5-32(21-36)25-59(42-10-2-1-9-41(42)54)51(63)71-46-28-57-17-15-34(46)16-18-57;2-1-3/h1-10,13-14,21-23,26-27,31,34,44,46-47,50H,11-12,15-20,24-25,28-30H2;1H,(H,2,3)/t44-,46-,47-;/m0./s1. The largest absolute Gasteiger partial charge is 0.619 e. The van der Waals surface area contributed by atoms with E-state index < -0.39 is 52.0 Å². The molecule has 1 N–H and O–H groups in total. The number of hydrogen-bond acceptors (Lipinski definition) is 14. The fourth-order valence-corrected chi connectivity index (χ4v) is 12.8. The molecule has 5 heterocycles. The Kier molecular flexibility index (Phi) is 18.6. The molecule has 0 unspecified atom stereocenters. The van der Waals surface area contributed by atoms with Gasteiger partial charge in [0.1, 0.15) is 34.7 Å². The molecule has 0 radical (unpaired) electrons. The highest BCUT2D eigenvalue weighted by Gasteiger charge is 2.43. The number of carbonyl (C=O) groups excluding carboxylic acids is 3. The number of esters is 2. The Morgan fingerprint density at radius 1 is 0.908 bits per heavy atom. The van der Waals surface area contributed by atoms with Crippen LogP contribution in [0.4, 0.5) is 23.7 Å². The molecule has 4 aromatic carbocycles. The van der Waals surface area contributed by atoms with Gasteiger partial charge in [-0.25, -0.2) is 27.2 Å². The molecule has 1 aliphatic carbocycles. The van der Waals surface area contributed by atoms with Crippen molar-refractivity contribution in [3.63, 3.8) is 0 Å². The van der Waals surface area contributed by atoms with Gasteiger partial charge in [-0.3, -0.25) is 14.6 Å². The van der Waals surface area contributed by atoms with Gasteiger partial charge in [0.25, 0.3) is 6.47 Å². The summed E-state index contributed by atoms with van der Waals surface area (Å²) in [5, 5.41) is 17.5. The summed E-state index contributed by atoms with van der Waals surface area (Å²) in [7, 11) is -4.41. The summed E-state index contributed by atoms with van der Waals surface area (Å²) in [6.07, 6.45) is 3.27. The van der Waals surface area contributed by atoms with E-state index in [-0.39, 0.29) is 112 Å². The smallest absolute Gasteiger partial charge is 0.415 e. The Labute approximate surface area is 449 Å². The average Bonchev–Trinajstić information content (AvgIpc) is 4.09. The van der Waals surface area contributed by atoms with E-state index in [1.807, 2.05) is 0 Å². The monoisotopic (exact) mass is 1130 g/mol. The number of nitrogens with zero attached hydrogens (tertiary/aromatic N) is 4. The fourth-order valence-electron chi connectivity index (χ4n) is 9.05. The number of carboxylic acid groups (broad SMARTS) is 1. The second-order valence-corrected chi connectivity index (χ2v) is 22.1. The SMILES string of the molecule is O=C(OCc1cccc(S(=O)(=O)N2CCS[C@H]2C(=O)O[C@@H](Cc2c(Cl)c[n+]([O-])cc2Cl)c2ccc(OC(F)F)c(OCC3CC3)c2)c1)c1cccc(CN(C(=O)O[C@H]2CN3CCC2CC3)c2ccccc2F)c1.O=CO. The number of piperidine rings is 3. The maximum Gasteiger partial charge on any atom is 0.415 e. The fraction of sp³-hybridized carbons (Fsp3) is 0.365. The third-order valence-corrected chi connectivity index (χ3v) is 16.9. The second kappa shape index (κ2) is 25.2. The molecular weight excluding hydrogens is 1080 g/mol. The molecular formula is C52H51Cl2F3N4O13S2. The third-order valence-electron chi connectivity index (χ3n) is 13.1. The molecule has 1 amide bonds. The van der Waals surface area contributed by atoms with Gasteiger partial charge in [0.2, 0.25) is 10.0 Å². The molecule has 0 spiro atoms. The number of rotatable bonds is 19. The van der Waals surface area contributed by atoms with Crippen molar-refractivity contribution in [3.05, 3.63) is 152 Å².